The largest absolute Gasteiger partial charge is 0.469 e. The van der Waals surface area contributed by atoms with Gasteiger partial charge >= 0.3 is 5.97 Å². The summed E-state index contributed by atoms with van der Waals surface area (Å²) in [4.78, 5) is 10.8. The second-order valence-electron chi connectivity index (χ2n) is 3.76. The molecule has 0 aromatic carbocycles. The summed E-state index contributed by atoms with van der Waals surface area (Å²) in [6, 6.07) is 0.623. The zero-order valence-electron chi connectivity index (χ0n) is 8.51. The number of esters is 1. The molecule has 3 heteroatoms. The van der Waals surface area contributed by atoms with E-state index in [1.807, 2.05) is 0 Å². The Kier molecular flexibility index (Phi) is 4.22. The molecule has 1 fully saturated rings. The number of hydrogen-bond donors (Lipinski definition) is 1. The number of rotatable bonds is 6. The minimum atomic E-state index is -0.110. The Bertz CT molecular complexity index is 166. The zero-order valence-corrected chi connectivity index (χ0v) is 8.51. The monoisotopic (exact) mass is 185 g/mol. The summed E-state index contributed by atoms with van der Waals surface area (Å²) >= 11 is 0. The van der Waals surface area contributed by atoms with E-state index in [9.17, 15) is 4.79 Å². The van der Waals surface area contributed by atoms with Crippen molar-refractivity contribution in [2.45, 2.75) is 38.6 Å². The fourth-order valence-electron chi connectivity index (χ4n) is 1.43. The third-order valence-corrected chi connectivity index (χ3v) is 2.58. The van der Waals surface area contributed by atoms with Crippen LogP contribution in [-0.2, 0) is 9.53 Å². The molecule has 0 radical (unpaired) electrons. The minimum absolute atomic E-state index is 0.110. The van der Waals surface area contributed by atoms with Gasteiger partial charge in [0.2, 0.25) is 0 Å². The number of carbonyl (C=O) groups is 1. The van der Waals surface area contributed by atoms with Gasteiger partial charge in [0.15, 0.2) is 0 Å². The van der Waals surface area contributed by atoms with Gasteiger partial charge in [-0.25, -0.2) is 0 Å². The van der Waals surface area contributed by atoms with Crippen molar-refractivity contribution in [3.8, 4) is 0 Å². The van der Waals surface area contributed by atoms with Crippen molar-refractivity contribution in [2.24, 2.45) is 5.92 Å². The molecule has 0 heterocycles. The summed E-state index contributed by atoms with van der Waals surface area (Å²) in [6.45, 7) is 3.14. The first-order valence-corrected chi connectivity index (χ1v) is 5.04. The van der Waals surface area contributed by atoms with Crippen LogP contribution in [-0.4, -0.2) is 25.7 Å². The number of carbonyl (C=O) groups excluding carboxylic acids is 1. The molecule has 0 saturated heterocycles. The van der Waals surface area contributed by atoms with Gasteiger partial charge in [-0.1, -0.05) is 0 Å². The minimum Gasteiger partial charge on any atom is -0.469 e. The van der Waals surface area contributed by atoms with Gasteiger partial charge in [0.1, 0.15) is 0 Å². The first kappa shape index (κ1) is 10.5. The van der Waals surface area contributed by atoms with E-state index in [0.29, 0.717) is 12.5 Å². The molecule has 1 aliphatic carbocycles. The SMILES string of the molecule is COC(=O)CCCNC(C)C1CC1. The van der Waals surface area contributed by atoms with Crippen LogP contribution < -0.4 is 5.32 Å². The molecule has 1 aliphatic rings. The van der Waals surface area contributed by atoms with E-state index in [2.05, 4.69) is 17.0 Å². The molecule has 1 unspecified atom stereocenters. The summed E-state index contributed by atoms with van der Waals surface area (Å²) in [6.07, 6.45) is 4.14. The average molecular weight is 185 g/mol. The molecule has 0 bridgehead atoms. The van der Waals surface area contributed by atoms with Crippen LogP contribution in [0.5, 0.6) is 0 Å². The molecule has 0 amide bonds. The Hall–Kier alpha value is -0.570. The second kappa shape index (κ2) is 5.22. The van der Waals surface area contributed by atoms with Crippen molar-refractivity contribution in [2.75, 3.05) is 13.7 Å². The molecule has 0 aliphatic heterocycles. The molecule has 1 atom stereocenters. The van der Waals surface area contributed by atoms with Crippen molar-refractivity contribution < 1.29 is 9.53 Å². The maximum atomic E-state index is 10.8. The second-order valence-corrected chi connectivity index (χ2v) is 3.76. The maximum absolute atomic E-state index is 10.8. The summed E-state index contributed by atoms with van der Waals surface area (Å²) < 4.78 is 4.55. The van der Waals surface area contributed by atoms with Crippen LogP contribution in [0.1, 0.15) is 32.6 Å². The van der Waals surface area contributed by atoms with Crippen LogP contribution in [0.2, 0.25) is 0 Å². The fourth-order valence-corrected chi connectivity index (χ4v) is 1.43. The van der Waals surface area contributed by atoms with Gasteiger partial charge in [0.25, 0.3) is 0 Å². The van der Waals surface area contributed by atoms with E-state index < -0.39 is 0 Å². The van der Waals surface area contributed by atoms with Crippen LogP contribution in [0.15, 0.2) is 0 Å². The fraction of sp³-hybridized carbons (Fsp3) is 0.900. The van der Waals surface area contributed by atoms with E-state index in [1.54, 1.807) is 0 Å². The lowest BCUT2D eigenvalue weighted by atomic mass is 10.2. The zero-order chi connectivity index (χ0) is 9.68. The van der Waals surface area contributed by atoms with Gasteiger partial charge in [0, 0.05) is 12.5 Å². The van der Waals surface area contributed by atoms with Gasteiger partial charge in [-0.05, 0) is 38.6 Å². The van der Waals surface area contributed by atoms with E-state index in [4.69, 9.17) is 0 Å². The lowest BCUT2D eigenvalue weighted by Gasteiger charge is -2.11. The molecule has 1 N–H and O–H groups in total. The van der Waals surface area contributed by atoms with Crippen LogP contribution >= 0.6 is 0 Å². The van der Waals surface area contributed by atoms with Crippen LogP contribution in [0.25, 0.3) is 0 Å². The van der Waals surface area contributed by atoms with E-state index in [1.165, 1.54) is 20.0 Å². The van der Waals surface area contributed by atoms with Crippen molar-refractivity contribution >= 4 is 5.97 Å². The van der Waals surface area contributed by atoms with Gasteiger partial charge in [-0.3, -0.25) is 4.79 Å². The maximum Gasteiger partial charge on any atom is 0.305 e. The summed E-state index contributed by atoms with van der Waals surface area (Å²) in [5.74, 6) is 0.777. The van der Waals surface area contributed by atoms with E-state index in [-0.39, 0.29) is 5.97 Å². The standard InChI is InChI=1S/C10H19NO2/c1-8(9-5-6-9)11-7-3-4-10(12)13-2/h8-9,11H,3-7H2,1-2H3. The first-order chi connectivity index (χ1) is 6.24. The van der Waals surface area contributed by atoms with E-state index in [0.717, 1.165) is 18.9 Å². The summed E-state index contributed by atoms with van der Waals surface area (Å²) in [7, 11) is 1.43. The molecule has 1 saturated carbocycles. The Morgan fingerprint density at radius 3 is 2.85 bits per heavy atom. The number of hydrogen-bond acceptors (Lipinski definition) is 3. The normalized spacial score (nSPS) is 18.3. The highest BCUT2D eigenvalue weighted by Gasteiger charge is 2.27. The Labute approximate surface area is 79.8 Å². The topological polar surface area (TPSA) is 38.3 Å². The van der Waals surface area contributed by atoms with Crippen LogP contribution in [0, 0.1) is 5.92 Å². The lowest BCUT2D eigenvalue weighted by molar-refractivity contribution is -0.140. The van der Waals surface area contributed by atoms with Crippen molar-refractivity contribution in [1.29, 1.82) is 0 Å². The molecular weight excluding hydrogens is 166 g/mol. The number of methoxy groups -OCH3 is 1. The van der Waals surface area contributed by atoms with Crippen molar-refractivity contribution in [3.63, 3.8) is 0 Å². The smallest absolute Gasteiger partial charge is 0.305 e. The molecule has 0 aromatic rings. The van der Waals surface area contributed by atoms with Gasteiger partial charge in [-0.15, -0.1) is 0 Å². The van der Waals surface area contributed by atoms with Gasteiger partial charge < -0.3 is 10.1 Å². The van der Waals surface area contributed by atoms with Gasteiger partial charge in [0.05, 0.1) is 7.11 Å². The Morgan fingerprint density at radius 1 is 1.62 bits per heavy atom. The van der Waals surface area contributed by atoms with Gasteiger partial charge in [-0.2, -0.15) is 0 Å². The number of ether oxygens (including phenoxy) is 1. The van der Waals surface area contributed by atoms with Crippen LogP contribution in [0.4, 0.5) is 0 Å². The highest BCUT2D eigenvalue weighted by molar-refractivity contribution is 5.69. The summed E-state index contributed by atoms with van der Waals surface area (Å²) in [5.41, 5.74) is 0. The van der Waals surface area contributed by atoms with Crippen LogP contribution in [0.3, 0.4) is 0 Å². The molecule has 0 aromatic heterocycles. The quantitative estimate of drug-likeness (QED) is 0.501. The predicted molar refractivity (Wildman–Crippen MR) is 51.4 cm³/mol. The molecule has 13 heavy (non-hydrogen) atoms. The number of nitrogens with one attached hydrogen (secondary N) is 1. The molecule has 3 nitrogen and oxygen atoms in total. The Balaban J connectivity index is 1.91. The first-order valence-electron chi connectivity index (χ1n) is 5.04. The molecule has 0 spiro atoms. The van der Waals surface area contributed by atoms with Crippen molar-refractivity contribution in [3.05, 3.63) is 0 Å². The molecule has 1 rings (SSSR count). The average Bonchev–Trinajstić information content (AvgIpc) is 2.94. The highest BCUT2D eigenvalue weighted by Crippen LogP contribution is 2.32. The highest BCUT2D eigenvalue weighted by atomic mass is 16.5. The third-order valence-electron chi connectivity index (χ3n) is 2.58. The summed E-state index contributed by atoms with van der Waals surface area (Å²) in [5, 5.41) is 3.42. The van der Waals surface area contributed by atoms with E-state index >= 15 is 0 Å². The molecular formula is C10H19NO2. The predicted octanol–water partition coefficient (Wildman–Crippen LogP) is 1.33. The third kappa shape index (κ3) is 4.27. The lowest BCUT2D eigenvalue weighted by Crippen LogP contribution is -2.29. The Morgan fingerprint density at radius 2 is 2.31 bits per heavy atom. The molecule has 76 valence electrons. The van der Waals surface area contributed by atoms with Crippen molar-refractivity contribution in [1.82, 2.24) is 5.32 Å².